The Bertz CT molecular complexity index is 318. The van der Waals surface area contributed by atoms with Crippen molar-refractivity contribution in [1.29, 1.82) is 0 Å². The summed E-state index contributed by atoms with van der Waals surface area (Å²) in [5, 5.41) is 0. The molecule has 0 bridgehead atoms. The predicted molar refractivity (Wildman–Crippen MR) is 79.2 cm³/mol. The summed E-state index contributed by atoms with van der Waals surface area (Å²) in [5.74, 6) is -0.385. The Balaban J connectivity index is 4.70. The highest BCUT2D eigenvalue weighted by atomic mass is 16.6. The third kappa shape index (κ3) is 6.40. The SMILES string of the molecule is CCCC(=O)OC(C(C)C)C(C)(C)COC(=O)C(C)C. The summed E-state index contributed by atoms with van der Waals surface area (Å²) >= 11 is 0. The second-order valence-electron chi connectivity index (χ2n) is 6.66. The molecule has 0 rings (SSSR count). The fraction of sp³-hybridized carbons (Fsp3) is 0.875. The topological polar surface area (TPSA) is 52.6 Å². The average Bonchev–Trinajstić information content (AvgIpc) is 2.32. The second kappa shape index (κ2) is 8.28. The summed E-state index contributed by atoms with van der Waals surface area (Å²) < 4.78 is 10.9. The highest BCUT2D eigenvalue weighted by molar-refractivity contribution is 5.71. The Hall–Kier alpha value is -1.06. The molecule has 118 valence electrons. The highest BCUT2D eigenvalue weighted by Crippen LogP contribution is 2.30. The zero-order valence-corrected chi connectivity index (χ0v) is 14.0. The number of hydrogen-bond donors (Lipinski definition) is 0. The minimum absolute atomic E-state index is 0.147. The van der Waals surface area contributed by atoms with Gasteiger partial charge in [-0.15, -0.1) is 0 Å². The van der Waals surface area contributed by atoms with Gasteiger partial charge >= 0.3 is 11.9 Å². The zero-order chi connectivity index (χ0) is 15.9. The molecular weight excluding hydrogens is 256 g/mol. The number of carbonyl (C=O) groups is 2. The lowest BCUT2D eigenvalue weighted by Crippen LogP contribution is -2.42. The fourth-order valence-electron chi connectivity index (χ4n) is 2.11. The van der Waals surface area contributed by atoms with Crippen LogP contribution in [0.3, 0.4) is 0 Å². The largest absolute Gasteiger partial charge is 0.465 e. The van der Waals surface area contributed by atoms with E-state index in [2.05, 4.69) is 0 Å². The maximum absolute atomic E-state index is 11.7. The molecule has 4 heteroatoms. The zero-order valence-electron chi connectivity index (χ0n) is 14.0. The van der Waals surface area contributed by atoms with E-state index in [9.17, 15) is 9.59 Å². The van der Waals surface area contributed by atoms with Crippen molar-refractivity contribution in [3.8, 4) is 0 Å². The quantitative estimate of drug-likeness (QED) is 0.640. The molecule has 0 aliphatic heterocycles. The third-order valence-electron chi connectivity index (χ3n) is 3.15. The Kier molecular flexibility index (Phi) is 7.84. The van der Waals surface area contributed by atoms with Gasteiger partial charge in [-0.25, -0.2) is 0 Å². The van der Waals surface area contributed by atoms with Crippen LogP contribution in [-0.2, 0) is 19.1 Å². The van der Waals surface area contributed by atoms with Gasteiger partial charge in [0.1, 0.15) is 6.10 Å². The van der Waals surface area contributed by atoms with Crippen LogP contribution >= 0.6 is 0 Å². The van der Waals surface area contributed by atoms with Crippen LogP contribution in [0.5, 0.6) is 0 Å². The molecule has 0 N–H and O–H groups in total. The van der Waals surface area contributed by atoms with Crippen LogP contribution < -0.4 is 0 Å². The van der Waals surface area contributed by atoms with Gasteiger partial charge in [0.05, 0.1) is 12.5 Å². The molecule has 20 heavy (non-hydrogen) atoms. The first kappa shape index (κ1) is 18.9. The minimum atomic E-state index is -0.401. The number of carbonyl (C=O) groups excluding carboxylic acids is 2. The van der Waals surface area contributed by atoms with Crippen molar-refractivity contribution in [1.82, 2.24) is 0 Å². The van der Waals surface area contributed by atoms with Gasteiger partial charge in [0.25, 0.3) is 0 Å². The normalized spacial score (nSPS) is 13.4. The number of ether oxygens (including phenoxy) is 2. The van der Waals surface area contributed by atoms with Crippen LogP contribution in [-0.4, -0.2) is 24.6 Å². The molecule has 0 aliphatic rings. The molecule has 0 aliphatic carbocycles. The van der Waals surface area contributed by atoms with Crippen molar-refractivity contribution in [3.63, 3.8) is 0 Å². The van der Waals surface area contributed by atoms with Gasteiger partial charge < -0.3 is 9.47 Å². The molecule has 0 aromatic rings. The van der Waals surface area contributed by atoms with E-state index in [0.29, 0.717) is 6.42 Å². The molecule has 0 saturated carbocycles. The number of esters is 2. The summed E-state index contributed by atoms with van der Waals surface area (Å²) in [5.41, 5.74) is -0.401. The Morgan fingerprint density at radius 3 is 2.05 bits per heavy atom. The lowest BCUT2D eigenvalue weighted by atomic mass is 9.81. The van der Waals surface area contributed by atoms with Crippen LogP contribution in [0.4, 0.5) is 0 Å². The maximum Gasteiger partial charge on any atom is 0.308 e. The Morgan fingerprint density at radius 1 is 1.10 bits per heavy atom. The van der Waals surface area contributed by atoms with Gasteiger partial charge in [-0.05, 0) is 12.3 Å². The summed E-state index contributed by atoms with van der Waals surface area (Å²) in [6.45, 7) is 13.8. The molecule has 0 radical (unpaired) electrons. The van der Waals surface area contributed by atoms with Crippen LogP contribution in [0.15, 0.2) is 0 Å². The van der Waals surface area contributed by atoms with Crippen LogP contribution in [0.1, 0.15) is 61.3 Å². The van der Waals surface area contributed by atoms with Gasteiger partial charge in [-0.1, -0.05) is 48.5 Å². The monoisotopic (exact) mass is 286 g/mol. The first-order chi connectivity index (χ1) is 9.11. The summed E-state index contributed by atoms with van der Waals surface area (Å²) in [6.07, 6.45) is 0.929. The van der Waals surface area contributed by atoms with Crippen molar-refractivity contribution < 1.29 is 19.1 Å². The second-order valence-corrected chi connectivity index (χ2v) is 6.66. The van der Waals surface area contributed by atoms with E-state index >= 15 is 0 Å². The molecule has 0 spiro atoms. The average molecular weight is 286 g/mol. The molecule has 0 aromatic heterocycles. The van der Waals surface area contributed by atoms with E-state index in [1.165, 1.54) is 0 Å². The van der Waals surface area contributed by atoms with Crippen molar-refractivity contribution in [2.24, 2.45) is 17.3 Å². The minimum Gasteiger partial charge on any atom is -0.465 e. The Morgan fingerprint density at radius 2 is 1.65 bits per heavy atom. The van der Waals surface area contributed by atoms with Crippen LogP contribution in [0, 0.1) is 17.3 Å². The highest BCUT2D eigenvalue weighted by Gasteiger charge is 2.36. The first-order valence-electron chi connectivity index (χ1n) is 7.48. The van der Waals surface area contributed by atoms with E-state index in [-0.39, 0.29) is 36.5 Å². The van der Waals surface area contributed by atoms with E-state index in [1.807, 2.05) is 34.6 Å². The smallest absolute Gasteiger partial charge is 0.308 e. The molecule has 1 unspecified atom stereocenters. The standard InChI is InChI=1S/C16H30O4/c1-8-9-13(17)20-14(11(2)3)16(6,7)10-19-15(18)12(4)5/h11-12,14H,8-10H2,1-7H3. The van der Waals surface area contributed by atoms with Gasteiger partial charge in [0.15, 0.2) is 0 Å². The van der Waals surface area contributed by atoms with Gasteiger partial charge in [0.2, 0.25) is 0 Å². The van der Waals surface area contributed by atoms with Crippen molar-refractivity contribution in [2.75, 3.05) is 6.61 Å². The molecule has 0 heterocycles. The summed E-state index contributed by atoms with van der Waals surface area (Å²) in [4.78, 5) is 23.3. The first-order valence-corrected chi connectivity index (χ1v) is 7.48. The summed E-state index contributed by atoms with van der Waals surface area (Å²) in [6, 6.07) is 0. The van der Waals surface area contributed by atoms with E-state index < -0.39 is 5.41 Å². The van der Waals surface area contributed by atoms with Crippen molar-refractivity contribution >= 4 is 11.9 Å². The van der Waals surface area contributed by atoms with E-state index in [4.69, 9.17) is 9.47 Å². The molecule has 1 atom stereocenters. The lowest BCUT2D eigenvalue weighted by Gasteiger charge is -2.36. The van der Waals surface area contributed by atoms with E-state index in [0.717, 1.165) is 6.42 Å². The third-order valence-corrected chi connectivity index (χ3v) is 3.15. The molecule has 4 nitrogen and oxygen atoms in total. The molecule has 0 saturated heterocycles. The van der Waals surface area contributed by atoms with Crippen LogP contribution in [0.2, 0.25) is 0 Å². The molecule has 0 aromatic carbocycles. The molecule has 0 fully saturated rings. The number of hydrogen-bond acceptors (Lipinski definition) is 4. The van der Waals surface area contributed by atoms with Gasteiger partial charge in [0, 0.05) is 11.8 Å². The summed E-state index contributed by atoms with van der Waals surface area (Å²) in [7, 11) is 0. The predicted octanol–water partition coefficient (Wildman–Crippen LogP) is 3.58. The van der Waals surface area contributed by atoms with Crippen LogP contribution in [0.25, 0.3) is 0 Å². The number of rotatable bonds is 8. The molecule has 0 amide bonds. The van der Waals surface area contributed by atoms with Gasteiger partial charge in [-0.3, -0.25) is 9.59 Å². The molecular formula is C16H30O4. The Labute approximate surface area is 123 Å². The van der Waals surface area contributed by atoms with Crippen molar-refractivity contribution in [3.05, 3.63) is 0 Å². The van der Waals surface area contributed by atoms with Crippen molar-refractivity contribution in [2.45, 2.75) is 67.4 Å². The lowest BCUT2D eigenvalue weighted by molar-refractivity contribution is -0.166. The van der Waals surface area contributed by atoms with E-state index in [1.54, 1.807) is 13.8 Å². The fourth-order valence-corrected chi connectivity index (χ4v) is 2.11. The van der Waals surface area contributed by atoms with Gasteiger partial charge in [-0.2, -0.15) is 0 Å². The maximum atomic E-state index is 11.7.